The highest BCUT2D eigenvalue weighted by Crippen LogP contribution is 2.24. The zero-order chi connectivity index (χ0) is 12.4. The molecule has 1 atom stereocenters. The molecule has 1 unspecified atom stereocenters. The van der Waals surface area contributed by atoms with Crippen LogP contribution in [0.1, 0.15) is 25.7 Å². The molecule has 0 spiro atoms. The minimum absolute atomic E-state index is 0.727. The maximum absolute atomic E-state index is 5.68. The molecule has 0 aliphatic carbocycles. The Morgan fingerprint density at radius 1 is 1.11 bits per heavy atom. The minimum Gasteiger partial charge on any atom is -0.397 e. The van der Waals surface area contributed by atoms with Gasteiger partial charge in [0, 0.05) is 19.1 Å². The summed E-state index contributed by atoms with van der Waals surface area (Å²) in [6.45, 7) is 4.82. The number of likely N-dealkylation sites (tertiary alicyclic amines) is 1. The number of anilines is 2. The van der Waals surface area contributed by atoms with Crippen LogP contribution in [0.15, 0.2) is 18.3 Å². The predicted molar refractivity (Wildman–Crippen MR) is 74.7 cm³/mol. The predicted octanol–water partition coefficient (Wildman–Crippen LogP) is 1.73. The molecule has 0 saturated carbocycles. The Bertz CT molecular complexity index is 383. The summed E-state index contributed by atoms with van der Waals surface area (Å²) in [4.78, 5) is 9.48. The highest BCUT2D eigenvalue weighted by molar-refractivity contribution is 5.46. The first kappa shape index (κ1) is 11.8. The Hall–Kier alpha value is -1.29. The lowest BCUT2D eigenvalue weighted by Crippen LogP contribution is -2.40. The number of pyridine rings is 1. The average Bonchev–Trinajstić information content (AvgIpc) is 2.90. The van der Waals surface area contributed by atoms with Crippen LogP contribution in [0.2, 0.25) is 0 Å². The number of nitrogens with zero attached hydrogens (tertiary/aromatic N) is 3. The second-order valence-electron chi connectivity index (χ2n) is 5.43. The van der Waals surface area contributed by atoms with Crippen LogP contribution >= 0.6 is 0 Å². The molecule has 2 N–H and O–H groups in total. The summed E-state index contributed by atoms with van der Waals surface area (Å²) in [6, 6.07) is 4.70. The molecule has 3 rings (SSSR count). The van der Waals surface area contributed by atoms with Gasteiger partial charge in [0.1, 0.15) is 5.82 Å². The zero-order valence-corrected chi connectivity index (χ0v) is 10.9. The van der Waals surface area contributed by atoms with Crippen molar-refractivity contribution in [1.29, 1.82) is 0 Å². The Balaban J connectivity index is 1.62. The van der Waals surface area contributed by atoms with Crippen LogP contribution in [-0.4, -0.2) is 42.1 Å². The Morgan fingerprint density at radius 3 is 2.67 bits per heavy atom. The largest absolute Gasteiger partial charge is 0.397 e. The van der Waals surface area contributed by atoms with Crippen molar-refractivity contribution < 1.29 is 0 Å². The second kappa shape index (κ2) is 5.14. The van der Waals surface area contributed by atoms with Crippen LogP contribution < -0.4 is 10.6 Å². The maximum Gasteiger partial charge on any atom is 0.128 e. The summed E-state index contributed by atoms with van der Waals surface area (Å²) in [6.07, 6.45) is 7.18. The number of piperidine rings is 1. The number of nitrogen functional groups attached to an aromatic ring is 1. The van der Waals surface area contributed by atoms with Gasteiger partial charge in [0.2, 0.25) is 0 Å². The highest BCUT2D eigenvalue weighted by Gasteiger charge is 2.28. The van der Waals surface area contributed by atoms with Gasteiger partial charge in [-0.1, -0.05) is 6.42 Å². The Morgan fingerprint density at radius 2 is 1.94 bits per heavy atom. The second-order valence-corrected chi connectivity index (χ2v) is 5.43. The summed E-state index contributed by atoms with van der Waals surface area (Å²) in [7, 11) is 0. The third kappa shape index (κ3) is 2.43. The van der Waals surface area contributed by atoms with E-state index in [1.165, 1.54) is 38.8 Å². The minimum atomic E-state index is 0.727. The lowest BCUT2D eigenvalue weighted by Gasteiger charge is -2.32. The van der Waals surface area contributed by atoms with E-state index in [0.717, 1.165) is 30.6 Å². The van der Waals surface area contributed by atoms with Crippen molar-refractivity contribution in [3.05, 3.63) is 18.3 Å². The van der Waals surface area contributed by atoms with Gasteiger partial charge in [-0.2, -0.15) is 0 Å². The highest BCUT2D eigenvalue weighted by atomic mass is 15.3. The Labute approximate surface area is 109 Å². The first-order valence-electron chi connectivity index (χ1n) is 7.03. The molecule has 2 aliphatic heterocycles. The van der Waals surface area contributed by atoms with Crippen molar-refractivity contribution >= 4 is 11.5 Å². The number of hydrogen-bond donors (Lipinski definition) is 1. The van der Waals surface area contributed by atoms with Crippen molar-refractivity contribution in [2.75, 3.05) is 36.8 Å². The fourth-order valence-corrected chi connectivity index (χ4v) is 3.12. The van der Waals surface area contributed by atoms with E-state index in [1.54, 1.807) is 6.20 Å². The monoisotopic (exact) mass is 246 g/mol. The molecule has 2 saturated heterocycles. The first-order chi connectivity index (χ1) is 8.83. The normalized spacial score (nSPS) is 25.6. The third-order valence-electron chi connectivity index (χ3n) is 4.17. The van der Waals surface area contributed by atoms with Crippen LogP contribution in [-0.2, 0) is 0 Å². The molecule has 0 aromatic carbocycles. The van der Waals surface area contributed by atoms with E-state index in [4.69, 9.17) is 5.73 Å². The van der Waals surface area contributed by atoms with E-state index >= 15 is 0 Å². The summed E-state index contributed by atoms with van der Waals surface area (Å²) in [5.41, 5.74) is 6.42. The van der Waals surface area contributed by atoms with Crippen molar-refractivity contribution in [2.45, 2.75) is 31.7 Å². The van der Waals surface area contributed by atoms with Crippen LogP contribution in [0.3, 0.4) is 0 Å². The Kier molecular flexibility index (Phi) is 3.37. The first-order valence-corrected chi connectivity index (χ1v) is 7.03. The molecular formula is C14H22N4. The SMILES string of the molecule is Nc1ccc(N2CCC(N3CCCCC3)C2)nc1. The summed E-state index contributed by atoms with van der Waals surface area (Å²) in [5, 5.41) is 0. The number of hydrogen-bond acceptors (Lipinski definition) is 4. The number of aromatic nitrogens is 1. The van der Waals surface area contributed by atoms with Gasteiger partial charge in [-0.3, -0.25) is 4.90 Å². The molecule has 2 aliphatic rings. The van der Waals surface area contributed by atoms with Gasteiger partial charge in [-0.25, -0.2) is 4.98 Å². The zero-order valence-electron chi connectivity index (χ0n) is 10.9. The molecule has 4 heteroatoms. The van der Waals surface area contributed by atoms with Gasteiger partial charge in [0.05, 0.1) is 11.9 Å². The van der Waals surface area contributed by atoms with E-state index in [2.05, 4.69) is 14.8 Å². The van der Waals surface area contributed by atoms with Gasteiger partial charge in [-0.15, -0.1) is 0 Å². The van der Waals surface area contributed by atoms with E-state index in [-0.39, 0.29) is 0 Å². The van der Waals surface area contributed by atoms with Crippen molar-refractivity contribution in [1.82, 2.24) is 9.88 Å². The van der Waals surface area contributed by atoms with Crippen molar-refractivity contribution in [3.63, 3.8) is 0 Å². The van der Waals surface area contributed by atoms with Crippen LogP contribution in [0.25, 0.3) is 0 Å². The standard InChI is InChI=1S/C14H22N4/c15-12-4-5-14(16-10-12)18-9-6-13(11-18)17-7-2-1-3-8-17/h4-5,10,13H,1-3,6-9,11,15H2. The molecule has 3 heterocycles. The lowest BCUT2D eigenvalue weighted by molar-refractivity contribution is 0.175. The van der Waals surface area contributed by atoms with Crippen LogP contribution in [0, 0.1) is 0 Å². The summed E-state index contributed by atoms with van der Waals surface area (Å²) in [5.74, 6) is 1.07. The van der Waals surface area contributed by atoms with E-state index in [1.807, 2.05) is 12.1 Å². The van der Waals surface area contributed by atoms with E-state index in [0.29, 0.717) is 0 Å². The molecule has 1 aromatic heterocycles. The smallest absolute Gasteiger partial charge is 0.128 e. The van der Waals surface area contributed by atoms with E-state index < -0.39 is 0 Å². The van der Waals surface area contributed by atoms with Gasteiger partial charge in [0.15, 0.2) is 0 Å². The molecule has 2 fully saturated rings. The van der Waals surface area contributed by atoms with Gasteiger partial charge in [0.25, 0.3) is 0 Å². The molecule has 4 nitrogen and oxygen atoms in total. The molecular weight excluding hydrogens is 224 g/mol. The molecule has 0 amide bonds. The van der Waals surface area contributed by atoms with Gasteiger partial charge in [-0.05, 0) is 44.5 Å². The molecule has 1 aromatic rings. The quantitative estimate of drug-likeness (QED) is 0.863. The van der Waals surface area contributed by atoms with E-state index in [9.17, 15) is 0 Å². The van der Waals surface area contributed by atoms with Crippen LogP contribution in [0.4, 0.5) is 11.5 Å². The number of rotatable bonds is 2. The topological polar surface area (TPSA) is 45.4 Å². The fraction of sp³-hybridized carbons (Fsp3) is 0.643. The summed E-state index contributed by atoms with van der Waals surface area (Å²) >= 11 is 0. The van der Waals surface area contributed by atoms with Gasteiger partial charge >= 0.3 is 0 Å². The van der Waals surface area contributed by atoms with Crippen molar-refractivity contribution in [3.8, 4) is 0 Å². The molecule has 0 radical (unpaired) electrons. The number of nitrogens with two attached hydrogens (primary N) is 1. The molecule has 98 valence electrons. The third-order valence-corrected chi connectivity index (χ3v) is 4.17. The molecule has 18 heavy (non-hydrogen) atoms. The van der Waals surface area contributed by atoms with Crippen LogP contribution in [0.5, 0.6) is 0 Å². The maximum atomic E-state index is 5.68. The molecule has 0 bridgehead atoms. The van der Waals surface area contributed by atoms with Gasteiger partial charge < -0.3 is 10.6 Å². The fourth-order valence-electron chi connectivity index (χ4n) is 3.12. The average molecular weight is 246 g/mol. The lowest BCUT2D eigenvalue weighted by atomic mass is 10.1. The van der Waals surface area contributed by atoms with Crippen molar-refractivity contribution in [2.24, 2.45) is 0 Å². The summed E-state index contributed by atoms with van der Waals surface area (Å²) < 4.78 is 0.